The summed E-state index contributed by atoms with van der Waals surface area (Å²) in [7, 11) is 1.58. The lowest BCUT2D eigenvalue weighted by Gasteiger charge is -2.37. The molecule has 1 saturated heterocycles. The lowest BCUT2D eigenvalue weighted by Crippen LogP contribution is -2.47. The molecule has 128 valence electrons. The minimum absolute atomic E-state index is 0.0587. The highest BCUT2D eigenvalue weighted by Crippen LogP contribution is 2.27. The zero-order chi connectivity index (χ0) is 16.9. The van der Waals surface area contributed by atoms with Crippen molar-refractivity contribution in [1.29, 1.82) is 0 Å². The molecule has 7 heteroatoms. The van der Waals surface area contributed by atoms with Crippen LogP contribution in [-0.2, 0) is 6.54 Å². The number of hydrogen-bond donors (Lipinski definition) is 1. The molecule has 0 aromatic carbocycles. The number of likely N-dealkylation sites (tertiary alicyclic amines) is 1. The topological polar surface area (TPSA) is 72.3 Å². The molecular weight excluding hydrogens is 306 g/mol. The van der Waals surface area contributed by atoms with Gasteiger partial charge in [0, 0.05) is 31.5 Å². The second kappa shape index (κ2) is 7.33. The maximum atomic E-state index is 12.5. The maximum Gasteiger partial charge on any atom is 0.317 e. The standard InChI is InChI=1S/C17H23N5O2/c1-13-6-8-21(11-15(13)22-9-7-18-12-22)17(23)19-10-14-4-3-5-16(20-14)24-2/h3-5,7,9,12-13,15H,6,8,10-11H2,1-2H3,(H,19,23)/t13-,15+/m1/s1. The molecule has 3 heterocycles. The van der Waals surface area contributed by atoms with Crippen LogP contribution in [0.15, 0.2) is 36.9 Å². The van der Waals surface area contributed by atoms with Crippen LogP contribution in [0.4, 0.5) is 4.79 Å². The van der Waals surface area contributed by atoms with Crippen LogP contribution in [0.2, 0.25) is 0 Å². The highest BCUT2D eigenvalue weighted by atomic mass is 16.5. The third-order valence-corrected chi connectivity index (χ3v) is 4.52. The van der Waals surface area contributed by atoms with E-state index in [0.29, 0.717) is 24.9 Å². The number of urea groups is 1. The summed E-state index contributed by atoms with van der Waals surface area (Å²) in [6.07, 6.45) is 6.54. The highest BCUT2D eigenvalue weighted by molar-refractivity contribution is 5.74. The Balaban J connectivity index is 1.58. The molecule has 0 radical (unpaired) electrons. The van der Waals surface area contributed by atoms with E-state index in [1.54, 1.807) is 19.4 Å². The summed E-state index contributed by atoms with van der Waals surface area (Å²) in [5, 5.41) is 2.94. The quantitative estimate of drug-likeness (QED) is 0.932. The zero-order valence-corrected chi connectivity index (χ0v) is 14.1. The van der Waals surface area contributed by atoms with Gasteiger partial charge in [0.15, 0.2) is 0 Å². The molecule has 2 aromatic rings. The molecule has 0 spiro atoms. The second-order valence-corrected chi connectivity index (χ2v) is 6.12. The summed E-state index contributed by atoms with van der Waals surface area (Å²) in [6, 6.07) is 5.73. The van der Waals surface area contributed by atoms with Gasteiger partial charge in [0.2, 0.25) is 5.88 Å². The van der Waals surface area contributed by atoms with Gasteiger partial charge in [0.25, 0.3) is 0 Å². The summed E-state index contributed by atoms with van der Waals surface area (Å²) in [6.45, 7) is 4.07. The van der Waals surface area contributed by atoms with E-state index in [4.69, 9.17) is 4.74 Å². The van der Waals surface area contributed by atoms with E-state index in [-0.39, 0.29) is 12.1 Å². The molecule has 2 aromatic heterocycles. The predicted molar refractivity (Wildman–Crippen MR) is 89.6 cm³/mol. The number of aromatic nitrogens is 3. The van der Waals surface area contributed by atoms with Gasteiger partial charge in [-0.2, -0.15) is 0 Å². The van der Waals surface area contributed by atoms with Crippen LogP contribution in [0, 0.1) is 5.92 Å². The molecule has 1 aliphatic heterocycles. The van der Waals surface area contributed by atoms with Crippen molar-refractivity contribution in [3.8, 4) is 5.88 Å². The molecule has 24 heavy (non-hydrogen) atoms. The first-order valence-electron chi connectivity index (χ1n) is 8.17. The van der Waals surface area contributed by atoms with Gasteiger partial charge in [0.1, 0.15) is 0 Å². The molecule has 1 N–H and O–H groups in total. The number of nitrogens with one attached hydrogen (secondary N) is 1. The number of nitrogens with zero attached hydrogens (tertiary/aromatic N) is 4. The molecular formula is C17H23N5O2. The van der Waals surface area contributed by atoms with Crippen molar-refractivity contribution < 1.29 is 9.53 Å². The van der Waals surface area contributed by atoms with Gasteiger partial charge in [-0.25, -0.2) is 14.8 Å². The summed E-state index contributed by atoms with van der Waals surface area (Å²) >= 11 is 0. The number of imidazole rings is 1. The fourth-order valence-corrected chi connectivity index (χ4v) is 3.03. The summed E-state index contributed by atoms with van der Waals surface area (Å²) in [5.41, 5.74) is 0.777. The minimum Gasteiger partial charge on any atom is -0.481 e. The van der Waals surface area contributed by atoms with E-state index in [1.165, 1.54) is 0 Å². The lowest BCUT2D eigenvalue weighted by molar-refractivity contribution is 0.139. The monoisotopic (exact) mass is 329 g/mol. The number of amides is 2. The Bertz CT molecular complexity index is 673. The van der Waals surface area contributed by atoms with Crippen molar-refractivity contribution in [2.75, 3.05) is 20.2 Å². The van der Waals surface area contributed by atoms with Crippen LogP contribution in [0.5, 0.6) is 5.88 Å². The Kier molecular flexibility index (Phi) is 4.98. The number of ether oxygens (including phenoxy) is 1. The summed E-state index contributed by atoms with van der Waals surface area (Å²) < 4.78 is 7.19. The fourth-order valence-electron chi connectivity index (χ4n) is 3.03. The number of pyridine rings is 1. The molecule has 2 amide bonds. The van der Waals surface area contributed by atoms with Crippen LogP contribution >= 0.6 is 0 Å². The van der Waals surface area contributed by atoms with E-state index in [0.717, 1.165) is 18.7 Å². The number of rotatable bonds is 4. The molecule has 7 nitrogen and oxygen atoms in total. The van der Waals surface area contributed by atoms with Crippen LogP contribution in [-0.4, -0.2) is 45.7 Å². The van der Waals surface area contributed by atoms with Gasteiger partial charge in [-0.05, 0) is 18.4 Å². The van der Waals surface area contributed by atoms with Crippen molar-refractivity contribution in [2.24, 2.45) is 5.92 Å². The Labute approximate surface area is 141 Å². The van der Waals surface area contributed by atoms with Crippen molar-refractivity contribution in [1.82, 2.24) is 24.8 Å². The molecule has 3 rings (SSSR count). The Morgan fingerprint density at radius 1 is 1.46 bits per heavy atom. The molecule has 1 fully saturated rings. The van der Waals surface area contributed by atoms with Crippen molar-refractivity contribution in [2.45, 2.75) is 25.9 Å². The lowest BCUT2D eigenvalue weighted by atomic mass is 9.93. The smallest absolute Gasteiger partial charge is 0.317 e. The Morgan fingerprint density at radius 3 is 3.08 bits per heavy atom. The van der Waals surface area contributed by atoms with E-state index >= 15 is 0 Å². The van der Waals surface area contributed by atoms with Gasteiger partial charge in [-0.15, -0.1) is 0 Å². The molecule has 1 aliphatic rings. The van der Waals surface area contributed by atoms with Crippen LogP contribution in [0.3, 0.4) is 0 Å². The first kappa shape index (κ1) is 16.3. The minimum atomic E-state index is -0.0587. The first-order chi connectivity index (χ1) is 11.7. The second-order valence-electron chi connectivity index (χ2n) is 6.12. The largest absolute Gasteiger partial charge is 0.481 e. The van der Waals surface area contributed by atoms with Gasteiger partial charge < -0.3 is 19.5 Å². The number of piperidine rings is 1. The first-order valence-corrected chi connectivity index (χ1v) is 8.17. The van der Waals surface area contributed by atoms with E-state index in [2.05, 4.69) is 26.8 Å². The highest BCUT2D eigenvalue weighted by Gasteiger charge is 2.29. The van der Waals surface area contributed by atoms with Crippen LogP contribution in [0.1, 0.15) is 25.1 Å². The summed E-state index contributed by atoms with van der Waals surface area (Å²) in [4.78, 5) is 22.8. The SMILES string of the molecule is COc1cccc(CNC(=O)N2CC[C@@H](C)[C@@H](n3ccnc3)C2)n1. The van der Waals surface area contributed by atoms with E-state index < -0.39 is 0 Å². The number of methoxy groups -OCH3 is 1. The van der Waals surface area contributed by atoms with E-state index in [1.807, 2.05) is 29.6 Å². The van der Waals surface area contributed by atoms with Gasteiger partial charge in [0.05, 0.1) is 31.7 Å². The van der Waals surface area contributed by atoms with Gasteiger partial charge >= 0.3 is 6.03 Å². The molecule has 2 atom stereocenters. The third kappa shape index (κ3) is 3.67. The van der Waals surface area contributed by atoms with Crippen molar-refractivity contribution in [3.63, 3.8) is 0 Å². The van der Waals surface area contributed by atoms with Crippen molar-refractivity contribution in [3.05, 3.63) is 42.6 Å². The Morgan fingerprint density at radius 2 is 2.33 bits per heavy atom. The average molecular weight is 329 g/mol. The third-order valence-electron chi connectivity index (χ3n) is 4.52. The normalized spacial score (nSPS) is 20.7. The van der Waals surface area contributed by atoms with Gasteiger partial charge in [-0.3, -0.25) is 0 Å². The fraction of sp³-hybridized carbons (Fsp3) is 0.471. The van der Waals surface area contributed by atoms with Crippen molar-refractivity contribution >= 4 is 6.03 Å². The zero-order valence-electron chi connectivity index (χ0n) is 14.1. The maximum absolute atomic E-state index is 12.5. The molecule has 0 aliphatic carbocycles. The number of carbonyl (C=O) groups excluding carboxylic acids is 1. The average Bonchev–Trinajstić information content (AvgIpc) is 3.14. The van der Waals surface area contributed by atoms with Gasteiger partial charge in [-0.1, -0.05) is 13.0 Å². The number of hydrogen-bond acceptors (Lipinski definition) is 4. The van der Waals surface area contributed by atoms with Crippen LogP contribution in [0.25, 0.3) is 0 Å². The molecule has 0 bridgehead atoms. The molecule has 0 saturated carbocycles. The summed E-state index contributed by atoms with van der Waals surface area (Å²) in [5.74, 6) is 1.07. The Hall–Kier alpha value is -2.57. The molecule has 0 unspecified atom stereocenters. The predicted octanol–water partition coefficient (Wildman–Crippen LogP) is 2.08. The van der Waals surface area contributed by atoms with Crippen LogP contribution < -0.4 is 10.1 Å². The van der Waals surface area contributed by atoms with E-state index in [9.17, 15) is 4.79 Å². The number of carbonyl (C=O) groups is 1.